The van der Waals surface area contributed by atoms with Crippen LogP contribution in [-0.4, -0.2) is 31.6 Å². The van der Waals surface area contributed by atoms with Crippen LogP contribution in [0, 0.1) is 0 Å². The minimum absolute atomic E-state index is 0.121. The van der Waals surface area contributed by atoms with E-state index in [1.165, 1.54) is 6.07 Å². The molecule has 36 heavy (non-hydrogen) atoms. The Balaban J connectivity index is 1.31. The Bertz CT molecular complexity index is 1690. The van der Waals surface area contributed by atoms with Crippen LogP contribution < -0.4 is 10.0 Å². The average molecular weight is 498 g/mol. The first kappa shape index (κ1) is 23.3. The number of hydrogen-bond donors (Lipinski definition) is 3. The van der Waals surface area contributed by atoms with Gasteiger partial charge < -0.3 is 15.1 Å². The van der Waals surface area contributed by atoms with E-state index in [9.17, 15) is 18.0 Å². The number of carbonyl (C=O) groups is 2. The number of sulfonamides is 1. The first-order valence-electron chi connectivity index (χ1n) is 11.4. The van der Waals surface area contributed by atoms with Crippen LogP contribution >= 0.6 is 0 Å². The molecule has 0 aliphatic rings. The van der Waals surface area contributed by atoms with Gasteiger partial charge >= 0.3 is 0 Å². The first-order chi connectivity index (χ1) is 17.4. The molecule has 4 aromatic carbocycles. The van der Waals surface area contributed by atoms with Crippen molar-refractivity contribution in [1.82, 2.24) is 10.3 Å². The van der Waals surface area contributed by atoms with Gasteiger partial charge in [-0.05, 0) is 52.7 Å². The van der Waals surface area contributed by atoms with Crippen molar-refractivity contribution in [2.24, 2.45) is 0 Å². The lowest BCUT2D eigenvalue weighted by molar-refractivity contribution is -0.109. The Labute approximate surface area is 208 Å². The molecule has 0 saturated heterocycles. The Morgan fingerprint density at radius 1 is 0.889 bits per heavy atom. The number of aromatic amines is 1. The van der Waals surface area contributed by atoms with Crippen molar-refractivity contribution in [1.29, 1.82) is 0 Å². The van der Waals surface area contributed by atoms with Crippen LogP contribution in [0.15, 0.2) is 102 Å². The number of nitrogens with one attached hydrogen (secondary N) is 3. The average Bonchev–Trinajstić information content (AvgIpc) is 3.30. The quantitative estimate of drug-likeness (QED) is 0.271. The predicted molar refractivity (Wildman–Crippen MR) is 141 cm³/mol. The zero-order chi connectivity index (χ0) is 25.1. The highest BCUT2D eigenvalue weighted by molar-refractivity contribution is 7.92. The molecular formula is C28H23N3O4S. The number of aromatic nitrogens is 1. The van der Waals surface area contributed by atoms with Crippen molar-refractivity contribution in [3.05, 3.63) is 108 Å². The van der Waals surface area contributed by atoms with Crippen molar-refractivity contribution in [2.75, 3.05) is 4.72 Å². The molecule has 0 spiro atoms. The molecule has 180 valence electrons. The number of H-pyrrole nitrogens is 1. The van der Waals surface area contributed by atoms with Gasteiger partial charge in [-0.25, -0.2) is 8.42 Å². The molecule has 0 unspecified atom stereocenters. The number of para-hydroxylation sites is 1. The zero-order valence-electron chi connectivity index (χ0n) is 19.1. The van der Waals surface area contributed by atoms with E-state index in [0.717, 1.165) is 27.2 Å². The Kier molecular flexibility index (Phi) is 6.26. The lowest BCUT2D eigenvalue weighted by Crippen LogP contribution is -2.37. The molecule has 1 atom stereocenters. The molecule has 0 bridgehead atoms. The van der Waals surface area contributed by atoms with E-state index in [1.54, 1.807) is 36.4 Å². The monoisotopic (exact) mass is 497 g/mol. The summed E-state index contributed by atoms with van der Waals surface area (Å²) in [6, 6.07) is 25.5. The highest BCUT2D eigenvalue weighted by atomic mass is 32.2. The second kappa shape index (κ2) is 9.67. The molecule has 0 fully saturated rings. The number of amides is 1. The number of carbonyl (C=O) groups excluding carboxylic acids is 2. The van der Waals surface area contributed by atoms with Crippen molar-refractivity contribution in [3.63, 3.8) is 0 Å². The molecule has 5 rings (SSSR count). The van der Waals surface area contributed by atoms with Gasteiger partial charge in [0, 0.05) is 34.8 Å². The maximum atomic E-state index is 13.0. The summed E-state index contributed by atoms with van der Waals surface area (Å²) in [7, 11) is -3.87. The summed E-state index contributed by atoms with van der Waals surface area (Å²) in [6.45, 7) is 0. The third kappa shape index (κ3) is 4.85. The van der Waals surface area contributed by atoms with E-state index in [-0.39, 0.29) is 16.1 Å². The maximum absolute atomic E-state index is 13.0. The van der Waals surface area contributed by atoms with E-state index in [2.05, 4.69) is 15.0 Å². The van der Waals surface area contributed by atoms with Gasteiger partial charge in [0.15, 0.2) is 0 Å². The van der Waals surface area contributed by atoms with E-state index in [1.807, 2.05) is 54.7 Å². The molecule has 0 radical (unpaired) electrons. The molecule has 1 aromatic heterocycles. The fourth-order valence-corrected chi connectivity index (χ4v) is 5.28. The summed E-state index contributed by atoms with van der Waals surface area (Å²) in [5.41, 5.74) is 2.35. The fraction of sp³-hybridized carbons (Fsp3) is 0.0714. The molecular weight excluding hydrogens is 474 g/mol. The summed E-state index contributed by atoms with van der Waals surface area (Å²) in [5, 5.41) is 5.47. The molecule has 0 aliphatic heterocycles. The molecule has 1 heterocycles. The minimum atomic E-state index is -3.87. The minimum Gasteiger partial charge on any atom is -0.361 e. The van der Waals surface area contributed by atoms with Crippen LogP contribution in [0.2, 0.25) is 0 Å². The van der Waals surface area contributed by atoms with Crippen LogP contribution in [0.3, 0.4) is 0 Å². The van der Waals surface area contributed by atoms with Gasteiger partial charge in [0.25, 0.3) is 15.9 Å². The molecule has 0 saturated carbocycles. The van der Waals surface area contributed by atoms with Crippen molar-refractivity contribution < 1.29 is 18.0 Å². The highest BCUT2D eigenvalue weighted by Gasteiger charge is 2.18. The summed E-state index contributed by atoms with van der Waals surface area (Å²) in [5.74, 6) is -0.473. The molecule has 5 aromatic rings. The largest absolute Gasteiger partial charge is 0.361 e. The van der Waals surface area contributed by atoms with Crippen LogP contribution in [0.4, 0.5) is 5.69 Å². The lowest BCUT2D eigenvalue weighted by atomic mass is 10.1. The molecule has 7 nitrogen and oxygen atoms in total. The number of rotatable bonds is 8. The summed E-state index contributed by atoms with van der Waals surface area (Å²) in [4.78, 5) is 27.9. The molecule has 0 aliphatic carbocycles. The molecule has 3 N–H and O–H groups in total. The van der Waals surface area contributed by atoms with E-state index in [0.29, 0.717) is 12.7 Å². The van der Waals surface area contributed by atoms with Crippen LogP contribution in [0.25, 0.3) is 21.7 Å². The third-order valence-corrected chi connectivity index (χ3v) is 7.38. The fourth-order valence-electron chi connectivity index (χ4n) is 4.19. The smallest absolute Gasteiger partial charge is 0.261 e. The van der Waals surface area contributed by atoms with E-state index >= 15 is 0 Å². The van der Waals surface area contributed by atoms with Gasteiger partial charge in [0.1, 0.15) is 6.29 Å². The molecule has 8 heteroatoms. The first-order valence-corrected chi connectivity index (χ1v) is 12.8. The van der Waals surface area contributed by atoms with Gasteiger partial charge in [-0.15, -0.1) is 0 Å². The lowest BCUT2D eigenvalue weighted by Gasteiger charge is -2.14. The van der Waals surface area contributed by atoms with Gasteiger partial charge in [-0.1, -0.05) is 54.6 Å². The summed E-state index contributed by atoms with van der Waals surface area (Å²) >= 11 is 0. The van der Waals surface area contributed by atoms with Crippen molar-refractivity contribution in [3.8, 4) is 0 Å². The topological polar surface area (TPSA) is 108 Å². The highest BCUT2D eigenvalue weighted by Crippen LogP contribution is 2.22. The summed E-state index contributed by atoms with van der Waals surface area (Å²) < 4.78 is 28.5. The van der Waals surface area contributed by atoms with E-state index in [4.69, 9.17) is 0 Å². The Hall–Kier alpha value is -4.43. The zero-order valence-corrected chi connectivity index (χ0v) is 20.0. The SMILES string of the molecule is O=C[C@H](Cc1c[nH]c2ccccc12)NC(=O)c1cccc(NS(=O)(=O)c2ccc3ccccc3c2)c1. The Morgan fingerprint density at radius 3 is 2.50 bits per heavy atom. The second-order valence-corrected chi connectivity index (χ2v) is 10.2. The van der Waals surface area contributed by atoms with Crippen LogP contribution in [-0.2, 0) is 21.2 Å². The maximum Gasteiger partial charge on any atom is 0.261 e. The predicted octanol–water partition coefficient (Wildman–Crippen LogP) is 4.66. The summed E-state index contributed by atoms with van der Waals surface area (Å²) in [6.07, 6.45) is 2.86. The number of hydrogen-bond acceptors (Lipinski definition) is 4. The van der Waals surface area contributed by atoms with Crippen molar-refractivity contribution in [2.45, 2.75) is 17.4 Å². The Morgan fingerprint density at radius 2 is 1.67 bits per heavy atom. The number of benzene rings is 4. The van der Waals surface area contributed by atoms with Gasteiger partial charge in [-0.3, -0.25) is 9.52 Å². The van der Waals surface area contributed by atoms with E-state index < -0.39 is 22.0 Å². The standard InChI is InChI=1S/C28H23N3O4S/c32-18-24(15-22-17-29-27-11-4-3-10-26(22)27)30-28(33)21-8-5-9-23(14-21)31-36(34,35)25-13-12-19-6-1-2-7-20(19)16-25/h1-14,16-18,24,29,31H,15H2,(H,30,33)/t24-/m0/s1. The number of aldehydes is 1. The van der Waals surface area contributed by atoms with Crippen LogP contribution in [0.1, 0.15) is 15.9 Å². The van der Waals surface area contributed by atoms with Gasteiger partial charge in [0.2, 0.25) is 0 Å². The van der Waals surface area contributed by atoms with Gasteiger partial charge in [-0.2, -0.15) is 0 Å². The van der Waals surface area contributed by atoms with Crippen molar-refractivity contribution >= 4 is 49.6 Å². The molecule has 1 amide bonds. The van der Waals surface area contributed by atoms with Gasteiger partial charge in [0.05, 0.1) is 10.9 Å². The second-order valence-electron chi connectivity index (χ2n) is 8.47. The van der Waals surface area contributed by atoms with Crippen LogP contribution in [0.5, 0.6) is 0 Å². The normalized spacial score (nSPS) is 12.3. The number of anilines is 1. The number of fused-ring (bicyclic) bond motifs is 2. The third-order valence-electron chi connectivity index (χ3n) is 6.00.